The Morgan fingerprint density at radius 1 is 1.15 bits per heavy atom. The standard InChI is InChI=1S/C20H29NO6/c1-20(2,3)27-19(24)21(4)11-12-26-17-8-6-7-15(13-17)9-10-16(22)14-18(23)25-5/h6-8,13H,9-12,14H2,1-5H3. The zero-order chi connectivity index (χ0) is 20.4. The van der Waals surface area contributed by atoms with Crippen molar-refractivity contribution in [3.8, 4) is 5.75 Å². The fraction of sp³-hybridized carbons (Fsp3) is 0.550. The molecule has 0 N–H and O–H groups in total. The predicted octanol–water partition coefficient (Wildman–Crippen LogP) is 3.00. The maximum Gasteiger partial charge on any atom is 0.410 e. The van der Waals surface area contributed by atoms with Crippen LogP contribution in [0.25, 0.3) is 0 Å². The van der Waals surface area contributed by atoms with Gasteiger partial charge in [0.05, 0.1) is 13.7 Å². The maximum absolute atomic E-state index is 11.9. The zero-order valence-electron chi connectivity index (χ0n) is 16.7. The van der Waals surface area contributed by atoms with E-state index in [0.29, 0.717) is 25.3 Å². The van der Waals surface area contributed by atoms with E-state index < -0.39 is 17.7 Å². The van der Waals surface area contributed by atoms with Crippen molar-refractivity contribution in [2.75, 3.05) is 27.3 Å². The van der Waals surface area contributed by atoms with Gasteiger partial charge in [-0.1, -0.05) is 12.1 Å². The second kappa shape index (κ2) is 10.5. The normalized spacial score (nSPS) is 10.9. The molecule has 0 aromatic heterocycles. The van der Waals surface area contributed by atoms with Gasteiger partial charge in [0.1, 0.15) is 30.2 Å². The van der Waals surface area contributed by atoms with E-state index >= 15 is 0 Å². The highest BCUT2D eigenvalue weighted by atomic mass is 16.6. The van der Waals surface area contributed by atoms with E-state index in [1.165, 1.54) is 12.0 Å². The molecule has 0 spiro atoms. The van der Waals surface area contributed by atoms with Crippen LogP contribution in [0.4, 0.5) is 4.79 Å². The second-order valence-corrected chi connectivity index (χ2v) is 7.19. The van der Waals surface area contributed by atoms with Crippen LogP contribution >= 0.6 is 0 Å². The number of hydrogen-bond acceptors (Lipinski definition) is 6. The summed E-state index contributed by atoms with van der Waals surface area (Å²) < 4.78 is 15.4. The minimum absolute atomic E-state index is 0.160. The van der Waals surface area contributed by atoms with E-state index in [1.807, 2.05) is 45.0 Å². The molecule has 0 atom stereocenters. The number of amides is 1. The van der Waals surface area contributed by atoms with Crippen molar-refractivity contribution in [2.45, 2.75) is 45.6 Å². The van der Waals surface area contributed by atoms with Gasteiger partial charge in [-0.25, -0.2) is 4.79 Å². The first-order valence-electron chi connectivity index (χ1n) is 8.85. The van der Waals surface area contributed by atoms with Crippen LogP contribution in [0.15, 0.2) is 24.3 Å². The molecule has 0 radical (unpaired) electrons. The van der Waals surface area contributed by atoms with Gasteiger partial charge < -0.3 is 19.1 Å². The van der Waals surface area contributed by atoms with Gasteiger partial charge in [0.2, 0.25) is 0 Å². The van der Waals surface area contributed by atoms with Crippen LogP contribution in [0.2, 0.25) is 0 Å². The summed E-state index contributed by atoms with van der Waals surface area (Å²) >= 11 is 0. The molecule has 0 heterocycles. The summed E-state index contributed by atoms with van der Waals surface area (Å²) in [6.07, 6.45) is 0.179. The Hall–Kier alpha value is -2.57. The summed E-state index contributed by atoms with van der Waals surface area (Å²) in [5.41, 5.74) is 0.400. The van der Waals surface area contributed by atoms with Gasteiger partial charge in [0.15, 0.2) is 0 Å². The lowest BCUT2D eigenvalue weighted by Gasteiger charge is -2.24. The topological polar surface area (TPSA) is 82.1 Å². The average Bonchev–Trinajstić information content (AvgIpc) is 2.58. The first-order valence-corrected chi connectivity index (χ1v) is 8.85. The first kappa shape index (κ1) is 22.5. The Balaban J connectivity index is 2.42. The molecule has 1 rings (SSSR count). The number of esters is 1. The molecule has 0 saturated carbocycles. The van der Waals surface area contributed by atoms with Crippen LogP contribution in [0.1, 0.15) is 39.2 Å². The SMILES string of the molecule is COC(=O)CC(=O)CCc1cccc(OCCN(C)C(=O)OC(C)(C)C)c1. The van der Waals surface area contributed by atoms with Gasteiger partial charge in [-0.2, -0.15) is 0 Å². The summed E-state index contributed by atoms with van der Waals surface area (Å²) in [4.78, 5) is 36.1. The molecule has 1 aromatic carbocycles. The van der Waals surface area contributed by atoms with Gasteiger partial charge in [0.25, 0.3) is 0 Å². The lowest BCUT2D eigenvalue weighted by Crippen LogP contribution is -2.36. The number of benzene rings is 1. The van der Waals surface area contributed by atoms with Crippen LogP contribution in [-0.4, -0.2) is 55.7 Å². The van der Waals surface area contributed by atoms with Gasteiger partial charge in [-0.3, -0.25) is 9.59 Å². The van der Waals surface area contributed by atoms with Crippen LogP contribution < -0.4 is 4.74 Å². The monoisotopic (exact) mass is 379 g/mol. The molecule has 0 saturated heterocycles. The number of carbonyl (C=O) groups excluding carboxylic acids is 3. The van der Waals surface area contributed by atoms with Crippen molar-refractivity contribution in [3.63, 3.8) is 0 Å². The van der Waals surface area contributed by atoms with Crippen molar-refractivity contribution < 1.29 is 28.6 Å². The number of ketones is 1. The summed E-state index contributed by atoms with van der Waals surface area (Å²) in [6.45, 7) is 6.15. The Bertz CT molecular complexity index is 650. The number of carbonyl (C=O) groups is 3. The van der Waals surface area contributed by atoms with Crippen LogP contribution in [0, 0.1) is 0 Å². The average molecular weight is 379 g/mol. The predicted molar refractivity (Wildman–Crippen MR) is 101 cm³/mol. The van der Waals surface area contributed by atoms with Gasteiger partial charge >= 0.3 is 12.1 Å². The second-order valence-electron chi connectivity index (χ2n) is 7.19. The lowest BCUT2D eigenvalue weighted by molar-refractivity contribution is -0.143. The summed E-state index contributed by atoms with van der Waals surface area (Å²) in [5.74, 6) is -0.0242. The molecule has 150 valence electrons. The first-order chi connectivity index (χ1) is 12.6. The molecule has 0 bridgehead atoms. The number of Topliss-reactive ketones (excluding diaryl/α,β-unsaturated/α-hetero) is 1. The van der Waals surface area contributed by atoms with E-state index in [4.69, 9.17) is 9.47 Å². The highest BCUT2D eigenvalue weighted by Crippen LogP contribution is 2.15. The smallest absolute Gasteiger partial charge is 0.410 e. The molecule has 0 fully saturated rings. The van der Waals surface area contributed by atoms with Crippen molar-refractivity contribution in [2.24, 2.45) is 0 Å². The molecule has 0 aliphatic carbocycles. The number of rotatable bonds is 9. The highest BCUT2D eigenvalue weighted by molar-refractivity contribution is 5.95. The van der Waals surface area contributed by atoms with Crippen LogP contribution in [-0.2, 0) is 25.5 Å². The lowest BCUT2D eigenvalue weighted by atomic mass is 10.1. The summed E-state index contributed by atoms with van der Waals surface area (Å²) in [5, 5.41) is 0. The van der Waals surface area contributed by atoms with E-state index in [-0.39, 0.29) is 18.6 Å². The van der Waals surface area contributed by atoms with E-state index in [1.54, 1.807) is 7.05 Å². The van der Waals surface area contributed by atoms with Crippen molar-refractivity contribution in [3.05, 3.63) is 29.8 Å². The van der Waals surface area contributed by atoms with E-state index in [2.05, 4.69) is 4.74 Å². The van der Waals surface area contributed by atoms with Gasteiger partial charge in [-0.15, -0.1) is 0 Å². The Morgan fingerprint density at radius 2 is 1.85 bits per heavy atom. The number of nitrogens with zero attached hydrogens (tertiary/aromatic N) is 1. The molecule has 7 nitrogen and oxygen atoms in total. The van der Waals surface area contributed by atoms with Gasteiger partial charge in [-0.05, 0) is 44.9 Å². The third kappa shape index (κ3) is 9.63. The minimum Gasteiger partial charge on any atom is -0.492 e. The molecule has 0 aliphatic heterocycles. The molecule has 1 amide bonds. The van der Waals surface area contributed by atoms with Crippen LogP contribution in [0.3, 0.4) is 0 Å². The Kier molecular flexibility index (Phi) is 8.78. The molecular formula is C20H29NO6. The Morgan fingerprint density at radius 3 is 2.48 bits per heavy atom. The molecule has 0 unspecified atom stereocenters. The molecule has 27 heavy (non-hydrogen) atoms. The third-order valence-electron chi connectivity index (χ3n) is 3.56. The number of aryl methyl sites for hydroxylation is 1. The van der Waals surface area contributed by atoms with E-state index in [0.717, 1.165) is 5.56 Å². The van der Waals surface area contributed by atoms with Crippen molar-refractivity contribution in [1.82, 2.24) is 4.90 Å². The van der Waals surface area contributed by atoms with E-state index in [9.17, 15) is 14.4 Å². The maximum atomic E-state index is 11.9. The van der Waals surface area contributed by atoms with Crippen LogP contribution in [0.5, 0.6) is 5.75 Å². The molecule has 7 heteroatoms. The van der Waals surface area contributed by atoms with Crippen molar-refractivity contribution >= 4 is 17.8 Å². The number of likely N-dealkylation sites (N-methyl/N-ethyl adjacent to an activating group) is 1. The Labute approximate surface area is 160 Å². The minimum atomic E-state index is -0.536. The summed E-state index contributed by atoms with van der Waals surface area (Å²) in [7, 11) is 2.91. The highest BCUT2D eigenvalue weighted by Gasteiger charge is 2.19. The number of methoxy groups -OCH3 is 1. The van der Waals surface area contributed by atoms with Crippen molar-refractivity contribution in [1.29, 1.82) is 0 Å². The molecule has 0 aliphatic rings. The fourth-order valence-corrected chi connectivity index (χ4v) is 2.13. The number of hydrogen-bond donors (Lipinski definition) is 0. The van der Waals surface area contributed by atoms with Gasteiger partial charge in [0, 0.05) is 13.5 Å². The molecule has 1 aromatic rings. The summed E-state index contributed by atoms with van der Waals surface area (Å²) in [6, 6.07) is 7.39. The third-order valence-corrected chi connectivity index (χ3v) is 3.56. The molecular weight excluding hydrogens is 350 g/mol. The number of ether oxygens (including phenoxy) is 3. The fourth-order valence-electron chi connectivity index (χ4n) is 2.13. The zero-order valence-corrected chi connectivity index (χ0v) is 16.7. The quantitative estimate of drug-likeness (QED) is 0.485. The largest absolute Gasteiger partial charge is 0.492 e.